The van der Waals surface area contributed by atoms with Crippen molar-refractivity contribution in [1.82, 2.24) is 0 Å². The Balaban J connectivity index is 2.68. The molecule has 0 aromatic heterocycles. The maximum Gasteiger partial charge on any atom is 0.165 e. The van der Waals surface area contributed by atoms with Gasteiger partial charge in [0.1, 0.15) is 0 Å². The Morgan fingerprint density at radius 3 is 2.79 bits per heavy atom. The van der Waals surface area contributed by atoms with E-state index in [-0.39, 0.29) is 5.82 Å². The van der Waals surface area contributed by atoms with E-state index < -0.39 is 0 Å². The van der Waals surface area contributed by atoms with Gasteiger partial charge in [0.05, 0.1) is 6.61 Å². The third-order valence-electron chi connectivity index (χ3n) is 1.90. The standard InChI is InChI=1S/C11H14ClFO/c1-2-14-11-6-5-9(4-3-7-12)8-10(11)13/h5-6,8H,2-4,7H2,1H3. The summed E-state index contributed by atoms with van der Waals surface area (Å²) in [6.07, 6.45) is 1.68. The number of hydrogen-bond donors (Lipinski definition) is 0. The van der Waals surface area contributed by atoms with Crippen LogP contribution in [-0.4, -0.2) is 12.5 Å². The highest BCUT2D eigenvalue weighted by Crippen LogP contribution is 2.19. The first-order valence-corrected chi connectivity index (χ1v) is 5.28. The molecular weight excluding hydrogens is 203 g/mol. The van der Waals surface area contributed by atoms with Crippen molar-refractivity contribution in [3.05, 3.63) is 29.6 Å². The highest BCUT2D eigenvalue weighted by Gasteiger charge is 2.03. The number of alkyl halides is 1. The normalized spacial score (nSPS) is 10.2. The van der Waals surface area contributed by atoms with Gasteiger partial charge in [0.2, 0.25) is 0 Å². The Morgan fingerprint density at radius 1 is 1.43 bits per heavy atom. The van der Waals surface area contributed by atoms with Gasteiger partial charge < -0.3 is 4.74 Å². The van der Waals surface area contributed by atoms with Gasteiger partial charge in [-0.15, -0.1) is 11.6 Å². The molecule has 0 N–H and O–H groups in total. The average Bonchev–Trinajstić information content (AvgIpc) is 2.19. The van der Waals surface area contributed by atoms with Crippen LogP contribution in [0.3, 0.4) is 0 Å². The number of rotatable bonds is 5. The van der Waals surface area contributed by atoms with E-state index in [0.29, 0.717) is 18.2 Å². The highest BCUT2D eigenvalue weighted by atomic mass is 35.5. The van der Waals surface area contributed by atoms with Crippen molar-refractivity contribution in [1.29, 1.82) is 0 Å². The number of halogens is 2. The molecular formula is C11H14ClFO. The lowest BCUT2D eigenvalue weighted by Gasteiger charge is -2.06. The van der Waals surface area contributed by atoms with Gasteiger partial charge in [-0.25, -0.2) is 4.39 Å². The van der Waals surface area contributed by atoms with Gasteiger partial charge in [0.25, 0.3) is 0 Å². The van der Waals surface area contributed by atoms with Crippen molar-refractivity contribution in [3.8, 4) is 5.75 Å². The Morgan fingerprint density at radius 2 is 2.21 bits per heavy atom. The SMILES string of the molecule is CCOc1ccc(CCCCl)cc1F. The first kappa shape index (κ1) is 11.3. The summed E-state index contributed by atoms with van der Waals surface area (Å²) in [5.41, 5.74) is 0.964. The molecule has 0 heterocycles. The fraction of sp³-hybridized carbons (Fsp3) is 0.455. The molecule has 1 aromatic rings. The molecule has 0 saturated carbocycles. The predicted octanol–water partition coefficient (Wildman–Crippen LogP) is 3.40. The van der Waals surface area contributed by atoms with Gasteiger partial charge in [-0.2, -0.15) is 0 Å². The highest BCUT2D eigenvalue weighted by molar-refractivity contribution is 6.17. The van der Waals surface area contributed by atoms with Crippen molar-refractivity contribution in [2.75, 3.05) is 12.5 Å². The quantitative estimate of drug-likeness (QED) is 0.686. The molecule has 0 spiro atoms. The molecule has 78 valence electrons. The molecule has 3 heteroatoms. The van der Waals surface area contributed by atoms with Crippen LogP contribution in [0.25, 0.3) is 0 Å². The zero-order chi connectivity index (χ0) is 10.4. The number of ether oxygens (including phenoxy) is 1. The molecule has 0 amide bonds. The molecule has 1 rings (SSSR count). The van der Waals surface area contributed by atoms with Crippen LogP contribution in [0.1, 0.15) is 18.9 Å². The molecule has 14 heavy (non-hydrogen) atoms. The minimum Gasteiger partial charge on any atom is -0.491 e. The average molecular weight is 217 g/mol. The van der Waals surface area contributed by atoms with Crippen molar-refractivity contribution >= 4 is 11.6 Å². The van der Waals surface area contributed by atoms with Gasteiger partial charge >= 0.3 is 0 Å². The summed E-state index contributed by atoms with van der Waals surface area (Å²) in [4.78, 5) is 0. The summed E-state index contributed by atoms with van der Waals surface area (Å²) in [6, 6.07) is 5.06. The fourth-order valence-electron chi connectivity index (χ4n) is 1.24. The maximum atomic E-state index is 13.3. The third-order valence-corrected chi connectivity index (χ3v) is 2.16. The van der Waals surface area contributed by atoms with Crippen molar-refractivity contribution in [2.24, 2.45) is 0 Å². The third kappa shape index (κ3) is 3.18. The lowest BCUT2D eigenvalue weighted by Crippen LogP contribution is -1.96. The summed E-state index contributed by atoms with van der Waals surface area (Å²) >= 11 is 5.55. The van der Waals surface area contributed by atoms with Crippen LogP contribution < -0.4 is 4.74 Å². The Bertz CT molecular complexity index is 289. The van der Waals surface area contributed by atoms with Crippen LogP contribution in [0.2, 0.25) is 0 Å². The van der Waals surface area contributed by atoms with E-state index in [2.05, 4.69) is 0 Å². The van der Waals surface area contributed by atoms with Gasteiger partial charge in [-0.3, -0.25) is 0 Å². The first-order valence-electron chi connectivity index (χ1n) is 4.75. The van der Waals surface area contributed by atoms with E-state index in [1.807, 2.05) is 13.0 Å². The lowest BCUT2D eigenvalue weighted by atomic mass is 10.1. The van der Waals surface area contributed by atoms with E-state index in [1.54, 1.807) is 6.07 Å². The zero-order valence-electron chi connectivity index (χ0n) is 8.22. The smallest absolute Gasteiger partial charge is 0.165 e. The molecule has 0 unspecified atom stereocenters. The first-order chi connectivity index (χ1) is 6.77. The van der Waals surface area contributed by atoms with E-state index >= 15 is 0 Å². The van der Waals surface area contributed by atoms with Crippen molar-refractivity contribution in [2.45, 2.75) is 19.8 Å². The monoisotopic (exact) mass is 216 g/mol. The Kier molecular flexibility index (Phi) is 4.74. The van der Waals surface area contributed by atoms with E-state index in [1.165, 1.54) is 6.07 Å². The van der Waals surface area contributed by atoms with Crippen LogP contribution in [0.5, 0.6) is 5.75 Å². The zero-order valence-corrected chi connectivity index (χ0v) is 8.98. The molecule has 0 fully saturated rings. The summed E-state index contributed by atoms with van der Waals surface area (Å²) in [7, 11) is 0. The summed E-state index contributed by atoms with van der Waals surface area (Å²) < 4.78 is 18.4. The van der Waals surface area contributed by atoms with E-state index in [9.17, 15) is 4.39 Å². The van der Waals surface area contributed by atoms with Crippen LogP contribution in [0, 0.1) is 5.82 Å². The molecule has 0 bridgehead atoms. The second-order valence-corrected chi connectivity index (χ2v) is 3.37. The fourth-order valence-corrected chi connectivity index (χ4v) is 1.38. The van der Waals surface area contributed by atoms with Crippen molar-refractivity contribution < 1.29 is 9.13 Å². The van der Waals surface area contributed by atoms with Gasteiger partial charge in [-0.05, 0) is 37.5 Å². The molecule has 0 radical (unpaired) electrons. The van der Waals surface area contributed by atoms with E-state index in [4.69, 9.17) is 16.3 Å². The molecule has 0 aliphatic carbocycles. The number of aryl methyl sites for hydroxylation is 1. The van der Waals surface area contributed by atoms with Gasteiger partial charge in [0, 0.05) is 5.88 Å². The minimum atomic E-state index is -0.293. The molecule has 0 atom stereocenters. The number of benzene rings is 1. The molecule has 0 saturated heterocycles. The molecule has 0 aliphatic rings. The van der Waals surface area contributed by atoms with Crippen molar-refractivity contribution in [3.63, 3.8) is 0 Å². The van der Waals surface area contributed by atoms with Crippen LogP contribution in [0.15, 0.2) is 18.2 Å². The summed E-state index contributed by atoms with van der Waals surface area (Å²) in [5.74, 6) is 0.635. The number of hydrogen-bond acceptors (Lipinski definition) is 1. The molecule has 0 aliphatic heterocycles. The second-order valence-electron chi connectivity index (χ2n) is 2.99. The molecule has 1 nitrogen and oxygen atoms in total. The van der Waals surface area contributed by atoms with Crippen LogP contribution >= 0.6 is 11.6 Å². The van der Waals surface area contributed by atoms with E-state index in [0.717, 1.165) is 18.4 Å². The van der Waals surface area contributed by atoms with Crippen LogP contribution in [-0.2, 0) is 6.42 Å². The van der Waals surface area contributed by atoms with Gasteiger partial charge in [0.15, 0.2) is 11.6 Å². The topological polar surface area (TPSA) is 9.23 Å². The second kappa shape index (κ2) is 5.86. The maximum absolute atomic E-state index is 13.3. The Hall–Kier alpha value is -0.760. The molecule has 1 aromatic carbocycles. The summed E-state index contributed by atoms with van der Waals surface area (Å²) in [6.45, 7) is 2.32. The van der Waals surface area contributed by atoms with Crippen LogP contribution in [0.4, 0.5) is 4.39 Å². The lowest BCUT2D eigenvalue weighted by molar-refractivity contribution is 0.321. The summed E-state index contributed by atoms with van der Waals surface area (Å²) in [5, 5.41) is 0. The largest absolute Gasteiger partial charge is 0.491 e. The minimum absolute atomic E-state index is 0.293. The van der Waals surface area contributed by atoms with Gasteiger partial charge in [-0.1, -0.05) is 6.07 Å². The Labute approximate surface area is 88.8 Å². The predicted molar refractivity (Wildman–Crippen MR) is 56.6 cm³/mol.